The molecule has 0 unspecified atom stereocenters. The van der Waals surface area contributed by atoms with Crippen molar-refractivity contribution in [2.24, 2.45) is 0 Å². The predicted octanol–water partition coefficient (Wildman–Crippen LogP) is 3.51. The summed E-state index contributed by atoms with van der Waals surface area (Å²) in [7, 11) is 0. The third-order valence-electron chi connectivity index (χ3n) is 3.50. The van der Waals surface area contributed by atoms with E-state index in [1.807, 2.05) is 30.3 Å². The first-order chi connectivity index (χ1) is 12.5. The van der Waals surface area contributed by atoms with Gasteiger partial charge in [0.2, 0.25) is 0 Å². The Balaban J connectivity index is 1.63. The van der Waals surface area contributed by atoms with Crippen molar-refractivity contribution < 1.29 is 29.0 Å². The van der Waals surface area contributed by atoms with Gasteiger partial charge in [0, 0.05) is 11.8 Å². The van der Waals surface area contributed by atoms with E-state index in [0.717, 1.165) is 6.07 Å². The molecule has 3 N–H and O–H groups in total. The second kappa shape index (κ2) is 7.43. The molecule has 0 atom stereocenters. The van der Waals surface area contributed by atoms with E-state index in [1.54, 1.807) is 6.07 Å². The molecule has 1 aromatic heterocycles. The Bertz CT molecular complexity index is 932. The van der Waals surface area contributed by atoms with E-state index in [4.69, 9.17) is 14.3 Å². The van der Waals surface area contributed by atoms with Crippen LogP contribution >= 0.6 is 0 Å². The first-order valence-corrected chi connectivity index (χ1v) is 7.67. The molecule has 0 aliphatic heterocycles. The van der Waals surface area contributed by atoms with Crippen LogP contribution in [-0.4, -0.2) is 22.1 Å². The minimum atomic E-state index is -1.26. The van der Waals surface area contributed by atoms with Crippen LogP contribution in [-0.2, 0) is 6.61 Å². The highest BCUT2D eigenvalue weighted by Crippen LogP contribution is 2.23. The van der Waals surface area contributed by atoms with E-state index >= 15 is 0 Å². The van der Waals surface area contributed by atoms with Crippen LogP contribution in [0, 0.1) is 0 Å². The number of aromatic carboxylic acids is 1. The second-order valence-corrected chi connectivity index (χ2v) is 5.36. The lowest BCUT2D eigenvalue weighted by Gasteiger charge is -2.06. The molecule has 0 aliphatic carbocycles. The van der Waals surface area contributed by atoms with Crippen molar-refractivity contribution >= 4 is 17.6 Å². The van der Waals surface area contributed by atoms with Crippen LogP contribution in [0.15, 0.2) is 65.1 Å². The third-order valence-corrected chi connectivity index (χ3v) is 3.50. The molecule has 2 aromatic carbocycles. The van der Waals surface area contributed by atoms with Crippen molar-refractivity contribution in [1.82, 2.24) is 0 Å². The quantitative estimate of drug-likeness (QED) is 0.626. The summed E-state index contributed by atoms with van der Waals surface area (Å²) in [6.45, 7) is 0.172. The summed E-state index contributed by atoms with van der Waals surface area (Å²) in [6, 6.07) is 16.1. The van der Waals surface area contributed by atoms with Crippen molar-refractivity contribution in [2.75, 3.05) is 5.32 Å². The number of carbonyl (C=O) groups excluding carboxylic acids is 1. The van der Waals surface area contributed by atoms with Gasteiger partial charge in [0.25, 0.3) is 5.91 Å². The maximum absolute atomic E-state index is 12.2. The average Bonchev–Trinajstić information content (AvgIpc) is 3.10. The standard InChI is InChI=1S/C19H15NO6/c21-16-10-12(6-8-15(16)19(23)24)20-18(22)17-9-7-14(26-17)11-25-13-4-2-1-3-5-13/h1-10,21H,11H2,(H,20,22)(H,23,24). The maximum atomic E-state index is 12.2. The monoisotopic (exact) mass is 353 g/mol. The highest BCUT2D eigenvalue weighted by Gasteiger charge is 2.14. The first-order valence-electron chi connectivity index (χ1n) is 7.67. The summed E-state index contributed by atoms with van der Waals surface area (Å²) in [5.74, 6) is -0.995. The molecule has 7 heteroatoms. The van der Waals surface area contributed by atoms with E-state index in [-0.39, 0.29) is 23.6 Å². The summed E-state index contributed by atoms with van der Waals surface area (Å²) in [5, 5.41) is 21.1. The van der Waals surface area contributed by atoms with Crippen molar-refractivity contribution in [3.8, 4) is 11.5 Å². The van der Waals surface area contributed by atoms with Crippen molar-refractivity contribution in [3.63, 3.8) is 0 Å². The van der Waals surface area contributed by atoms with Gasteiger partial charge in [-0.25, -0.2) is 4.79 Å². The topological polar surface area (TPSA) is 109 Å². The first kappa shape index (κ1) is 17.1. The van der Waals surface area contributed by atoms with Crippen LogP contribution in [0.2, 0.25) is 0 Å². The highest BCUT2D eigenvalue weighted by atomic mass is 16.5. The van der Waals surface area contributed by atoms with Gasteiger partial charge in [-0.1, -0.05) is 18.2 Å². The van der Waals surface area contributed by atoms with E-state index in [0.29, 0.717) is 11.5 Å². The van der Waals surface area contributed by atoms with Crippen LogP contribution < -0.4 is 10.1 Å². The normalized spacial score (nSPS) is 10.3. The zero-order valence-corrected chi connectivity index (χ0v) is 13.5. The van der Waals surface area contributed by atoms with Crippen molar-refractivity contribution in [1.29, 1.82) is 0 Å². The summed E-state index contributed by atoms with van der Waals surface area (Å²) in [4.78, 5) is 23.1. The highest BCUT2D eigenvalue weighted by molar-refractivity contribution is 6.02. The number of benzene rings is 2. The number of rotatable bonds is 6. The molecule has 0 radical (unpaired) electrons. The van der Waals surface area contributed by atoms with Gasteiger partial charge < -0.3 is 24.7 Å². The second-order valence-electron chi connectivity index (χ2n) is 5.36. The molecule has 0 bridgehead atoms. The molecule has 26 heavy (non-hydrogen) atoms. The molecule has 1 heterocycles. The number of ether oxygens (including phenoxy) is 1. The number of carboxylic acids is 1. The average molecular weight is 353 g/mol. The number of aromatic hydroxyl groups is 1. The SMILES string of the molecule is O=C(Nc1ccc(C(=O)O)c(O)c1)c1ccc(COc2ccccc2)o1. The fourth-order valence-corrected chi connectivity index (χ4v) is 2.23. The van der Waals surface area contributed by atoms with Crippen LogP contribution in [0.25, 0.3) is 0 Å². The largest absolute Gasteiger partial charge is 0.507 e. The number of phenols is 1. The zero-order valence-electron chi connectivity index (χ0n) is 13.5. The number of amides is 1. The van der Waals surface area contributed by atoms with Gasteiger partial charge in [-0.2, -0.15) is 0 Å². The van der Waals surface area contributed by atoms with E-state index in [1.165, 1.54) is 18.2 Å². The van der Waals surface area contributed by atoms with Crippen LogP contribution in [0.5, 0.6) is 11.5 Å². The molecular formula is C19H15NO6. The number of para-hydroxylation sites is 1. The van der Waals surface area contributed by atoms with Gasteiger partial charge in [0.05, 0.1) is 0 Å². The summed E-state index contributed by atoms with van der Waals surface area (Å²) >= 11 is 0. The molecule has 3 rings (SSSR count). The summed E-state index contributed by atoms with van der Waals surface area (Å²) in [6.07, 6.45) is 0. The Kier molecular flexibility index (Phi) is 4.89. The van der Waals surface area contributed by atoms with Gasteiger partial charge in [0.15, 0.2) is 5.76 Å². The van der Waals surface area contributed by atoms with Crippen molar-refractivity contribution in [3.05, 3.63) is 77.7 Å². The van der Waals surface area contributed by atoms with Gasteiger partial charge in [-0.3, -0.25) is 4.79 Å². The number of hydrogen-bond donors (Lipinski definition) is 3. The number of anilines is 1. The van der Waals surface area contributed by atoms with Gasteiger partial charge in [0.1, 0.15) is 29.4 Å². The Labute approximate surface area is 148 Å². The van der Waals surface area contributed by atoms with Gasteiger partial charge in [-0.15, -0.1) is 0 Å². The number of furan rings is 1. The van der Waals surface area contributed by atoms with E-state index < -0.39 is 17.6 Å². The minimum Gasteiger partial charge on any atom is -0.507 e. The molecule has 132 valence electrons. The number of carbonyl (C=O) groups is 2. The van der Waals surface area contributed by atoms with Crippen LogP contribution in [0.1, 0.15) is 26.7 Å². The maximum Gasteiger partial charge on any atom is 0.339 e. The number of carboxylic acid groups (broad SMARTS) is 1. The molecular weight excluding hydrogens is 338 g/mol. The molecule has 0 saturated heterocycles. The lowest BCUT2D eigenvalue weighted by atomic mass is 10.2. The molecule has 0 saturated carbocycles. The molecule has 3 aromatic rings. The van der Waals surface area contributed by atoms with Crippen molar-refractivity contribution in [2.45, 2.75) is 6.61 Å². The lowest BCUT2D eigenvalue weighted by molar-refractivity contribution is 0.0693. The number of nitrogens with one attached hydrogen (secondary N) is 1. The zero-order chi connectivity index (χ0) is 18.5. The fourth-order valence-electron chi connectivity index (χ4n) is 2.23. The van der Waals surface area contributed by atoms with Crippen LogP contribution in [0.3, 0.4) is 0 Å². The van der Waals surface area contributed by atoms with Crippen LogP contribution in [0.4, 0.5) is 5.69 Å². The van der Waals surface area contributed by atoms with Gasteiger partial charge in [-0.05, 0) is 36.4 Å². The summed E-state index contributed by atoms with van der Waals surface area (Å²) in [5.41, 5.74) is -0.00247. The molecule has 7 nitrogen and oxygen atoms in total. The number of hydrogen-bond acceptors (Lipinski definition) is 5. The van der Waals surface area contributed by atoms with Gasteiger partial charge >= 0.3 is 5.97 Å². The Morgan fingerprint density at radius 2 is 1.81 bits per heavy atom. The smallest absolute Gasteiger partial charge is 0.339 e. The molecule has 0 fully saturated rings. The Morgan fingerprint density at radius 3 is 2.50 bits per heavy atom. The molecule has 0 aliphatic rings. The van der Waals surface area contributed by atoms with E-state index in [2.05, 4.69) is 5.32 Å². The molecule has 1 amide bonds. The van der Waals surface area contributed by atoms with E-state index in [9.17, 15) is 14.7 Å². The minimum absolute atomic E-state index is 0.0680. The fraction of sp³-hybridized carbons (Fsp3) is 0.0526. The molecule has 0 spiro atoms. The predicted molar refractivity (Wildman–Crippen MR) is 92.5 cm³/mol. The third kappa shape index (κ3) is 4.02. The Morgan fingerprint density at radius 1 is 1.04 bits per heavy atom. The summed E-state index contributed by atoms with van der Waals surface area (Å²) < 4.78 is 11.0. The lowest BCUT2D eigenvalue weighted by Crippen LogP contribution is -2.11. The Hall–Kier alpha value is -3.74.